The summed E-state index contributed by atoms with van der Waals surface area (Å²) in [4.78, 5) is 38.8. The maximum atomic E-state index is 12.3. The SMILES string of the molecule is COc1ccc(NC(=O)C(C)OC(=O)c2nc(Cl)c(Cl)c(N)c2Cl)c([N+](=O)[O-])c1. The number of nitro benzene ring substituents is 1. The Morgan fingerprint density at radius 3 is 2.52 bits per heavy atom. The lowest BCUT2D eigenvalue weighted by atomic mass is 10.2. The highest BCUT2D eigenvalue weighted by Gasteiger charge is 2.26. The topological polar surface area (TPSA) is 147 Å². The molecule has 29 heavy (non-hydrogen) atoms. The van der Waals surface area contributed by atoms with Gasteiger partial charge in [-0.05, 0) is 19.1 Å². The van der Waals surface area contributed by atoms with Crippen LogP contribution in [0.3, 0.4) is 0 Å². The molecule has 3 N–H and O–H groups in total. The summed E-state index contributed by atoms with van der Waals surface area (Å²) in [6, 6.07) is 3.83. The number of pyridine rings is 1. The summed E-state index contributed by atoms with van der Waals surface area (Å²) >= 11 is 17.5. The number of nitrogens with zero attached hydrogens (tertiary/aromatic N) is 2. The number of aromatic nitrogens is 1. The van der Waals surface area contributed by atoms with Crippen LogP contribution in [0.2, 0.25) is 15.2 Å². The third-order valence-electron chi connectivity index (χ3n) is 3.58. The number of carbonyl (C=O) groups excluding carboxylic acids is 2. The number of ether oxygens (including phenoxy) is 2. The van der Waals surface area contributed by atoms with Gasteiger partial charge >= 0.3 is 5.97 Å². The zero-order valence-corrected chi connectivity index (χ0v) is 17.1. The fourth-order valence-electron chi connectivity index (χ4n) is 2.07. The Balaban J connectivity index is 2.18. The van der Waals surface area contributed by atoms with Crippen molar-refractivity contribution in [3.05, 3.63) is 49.2 Å². The predicted molar refractivity (Wildman–Crippen MR) is 107 cm³/mol. The second-order valence-electron chi connectivity index (χ2n) is 5.47. The minimum atomic E-state index is -1.36. The van der Waals surface area contributed by atoms with E-state index in [1.165, 1.54) is 26.2 Å². The first-order valence-corrected chi connectivity index (χ1v) is 8.84. The Bertz CT molecular complexity index is 1000. The van der Waals surface area contributed by atoms with E-state index in [-0.39, 0.29) is 32.3 Å². The molecule has 0 radical (unpaired) electrons. The number of hydrogen-bond acceptors (Lipinski definition) is 8. The quantitative estimate of drug-likeness (QED) is 0.285. The summed E-state index contributed by atoms with van der Waals surface area (Å²) in [5.41, 5.74) is 4.51. The molecule has 1 unspecified atom stereocenters. The van der Waals surface area contributed by atoms with Crippen LogP contribution in [0.15, 0.2) is 18.2 Å². The zero-order valence-electron chi connectivity index (χ0n) is 14.9. The molecule has 0 spiro atoms. The molecule has 0 saturated carbocycles. The smallest absolute Gasteiger partial charge is 0.359 e. The highest BCUT2D eigenvalue weighted by molar-refractivity contribution is 6.46. The molecule has 154 valence electrons. The van der Waals surface area contributed by atoms with Gasteiger partial charge in [0.1, 0.15) is 16.5 Å². The Hall–Kier alpha value is -2.82. The van der Waals surface area contributed by atoms with Gasteiger partial charge in [0.05, 0.1) is 28.8 Å². The molecule has 1 atom stereocenters. The maximum absolute atomic E-state index is 12.3. The first kappa shape index (κ1) is 22.5. The first-order chi connectivity index (χ1) is 13.6. The van der Waals surface area contributed by atoms with Crippen molar-refractivity contribution in [2.75, 3.05) is 18.2 Å². The summed E-state index contributed by atoms with van der Waals surface area (Å²) < 4.78 is 9.91. The largest absolute Gasteiger partial charge is 0.496 e. The van der Waals surface area contributed by atoms with Crippen LogP contribution in [0.25, 0.3) is 0 Å². The lowest BCUT2D eigenvalue weighted by molar-refractivity contribution is -0.384. The third-order valence-corrected chi connectivity index (χ3v) is 4.71. The molecule has 2 aromatic rings. The van der Waals surface area contributed by atoms with Crippen LogP contribution in [0.1, 0.15) is 17.4 Å². The highest BCUT2D eigenvalue weighted by atomic mass is 35.5. The molecule has 10 nitrogen and oxygen atoms in total. The number of halogens is 3. The van der Waals surface area contributed by atoms with Gasteiger partial charge < -0.3 is 20.5 Å². The van der Waals surface area contributed by atoms with Crippen molar-refractivity contribution in [1.29, 1.82) is 0 Å². The summed E-state index contributed by atoms with van der Waals surface area (Å²) in [5, 5.41) is 12.8. The van der Waals surface area contributed by atoms with E-state index in [2.05, 4.69) is 10.3 Å². The van der Waals surface area contributed by atoms with Gasteiger partial charge in [0.15, 0.2) is 17.0 Å². The van der Waals surface area contributed by atoms with Crippen LogP contribution in [-0.4, -0.2) is 35.0 Å². The number of benzene rings is 1. The number of anilines is 2. The summed E-state index contributed by atoms with van der Waals surface area (Å²) in [6.45, 7) is 1.25. The number of nitro groups is 1. The van der Waals surface area contributed by atoms with Crippen molar-refractivity contribution in [2.24, 2.45) is 0 Å². The van der Waals surface area contributed by atoms with Crippen LogP contribution in [-0.2, 0) is 9.53 Å². The second-order valence-corrected chi connectivity index (χ2v) is 6.58. The van der Waals surface area contributed by atoms with Crippen molar-refractivity contribution < 1.29 is 24.0 Å². The number of nitrogen functional groups attached to an aromatic ring is 1. The predicted octanol–water partition coefficient (Wildman–Crippen LogP) is 3.72. The van der Waals surface area contributed by atoms with E-state index in [1.54, 1.807) is 0 Å². The van der Waals surface area contributed by atoms with E-state index in [4.69, 9.17) is 50.0 Å². The van der Waals surface area contributed by atoms with E-state index in [0.29, 0.717) is 0 Å². The summed E-state index contributed by atoms with van der Waals surface area (Å²) in [7, 11) is 1.34. The zero-order chi connectivity index (χ0) is 21.9. The van der Waals surface area contributed by atoms with Gasteiger partial charge in [-0.25, -0.2) is 9.78 Å². The van der Waals surface area contributed by atoms with E-state index in [0.717, 1.165) is 6.07 Å². The molecule has 0 aliphatic heterocycles. The molecule has 13 heteroatoms. The molecule has 1 aromatic carbocycles. The van der Waals surface area contributed by atoms with Crippen molar-refractivity contribution in [2.45, 2.75) is 13.0 Å². The second kappa shape index (κ2) is 9.12. The van der Waals surface area contributed by atoms with Gasteiger partial charge in [-0.15, -0.1) is 0 Å². The van der Waals surface area contributed by atoms with Crippen LogP contribution < -0.4 is 15.8 Å². The van der Waals surface area contributed by atoms with E-state index >= 15 is 0 Å². The molecule has 0 aliphatic rings. The summed E-state index contributed by atoms with van der Waals surface area (Å²) in [5.74, 6) is -1.70. The molecule has 1 heterocycles. The number of nitrogens with two attached hydrogens (primary N) is 1. The van der Waals surface area contributed by atoms with Gasteiger partial charge in [-0.1, -0.05) is 34.8 Å². The average molecular weight is 464 g/mol. The van der Waals surface area contributed by atoms with Crippen molar-refractivity contribution in [3.63, 3.8) is 0 Å². The molecule has 0 bridgehead atoms. The van der Waals surface area contributed by atoms with Crippen LogP contribution in [0.5, 0.6) is 5.75 Å². The number of amides is 1. The molecule has 1 amide bonds. The Morgan fingerprint density at radius 2 is 1.93 bits per heavy atom. The lowest BCUT2D eigenvalue weighted by Crippen LogP contribution is -2.30. The average Bonchev–Trinajstić information content (AvgIpc) is 2.68. The minimum absolute atomic E-state index is 0.112. The summed E-state index contributed by atoms with van der Waals surface area (Å²) in [6.07, 6.45) is -1.36. The number of esters is 1. The van der Waals surface area contributed by atoms with Gasteiger partial charge in [0.25, 0.3) is 11.6 Å². The van der Waals surface area contributed by atoms with Crippen molar-refractivity contribution >= 4 is 63.7 Å². The molecular formula is C16H13Cl3N4O6. The van der Waals surface area contributed by atoms with Gasteiger partial charge in [-0.3, -0.25) is 14.9 Å². The van der Waals surface area contributed by atoms with Gasteiger partial charge in [0, 0.05) is 0 Å². The Kier molecular flexibility index (Phi) is 7.07. The van der Waals surface area contributed by atoms with Gasteiger partial charge in [-0.2, -0.15) is 0 Å². The maximum Gasteiger partial charge on any atom is 0.359 e. The van der Waals surface area contributed by atoms with E-state index in [1.807, 2.05) is 0 Å². The molecule has 0 saturated heterocycles. The minimum Gasteiger partial charge on any atom is -0.496 e. The first-order valence-electron chi connectivity index (χ1n) is 7.71. The number of nitrogens with one attached hydrogen (secondary N) is 1. The van der Waals surface area contributed by atoms with Crippen LogP contribution in [0.4, 0.5) is 17.1 Å². The number of rotatable bonds is 6. The Labute approximate surface area is 179 Å². The number of methoxy groups -OCH3 is 1. The lowest BCUT2D eigenvalue weighted by Gasteiger charge is -2.15. The van der Waals surface area contributed by atoms with Crippen LogP contribution in [0, 0.1) is 10.1 Å². The van der Waals surface area contributed by atoms with Gasteiger partial charge in [0.2, 0.25) is 0 Å². The normalized spacial score (nSPS) is 11.5. The molecular weight excluding hydrogens is 451 g/mol. The van der Waals surface area contributed by atoms with Crippen molar-refractivity contribution in [3.8, 4) is 5.75 Å². The monoisotopic (exact) mass is 462 g/mol. The number of carbonyl (C=O) groups is 2. The standard InChI is InChI=1S/C16H13Cl3N4O6/c1-6(29-16(25)13-10(17)12(20)11(18)14(19)22-13)15(24)21-8-4-3-7(28-2)5-9(8)23(26)27/h3-6H,1-2H3,(H2,20,22)(H,21,24). The van der Waals surface area contributed by atoms with Crippen molar-refractivity contribution in [1.82, 2.24) is 4.98 Å². The molecule has 1 aromatic heterocycles. The van der Waals surface area contributed by atoms with E-state index in [9.17, 15) is 19.7 Å². The van der Waals surface area contributed by atoms with Crippen LogP contribution >= 0.6 is 34.8 Å². The molecule has 0 fully saturated rings. The fourth-order valence-corrected chi connectivity index (χ4v) is 2.65. The molecule has 2 rings (SSSR count). The number of hydrogen-bond donors (Lipinski definition) is 2. The fraction of sp³-hybridized carbons (Fsp3) is 0.188. The Morgan fingerprint density at radius 1 is 1.28 bits per heavy atom. The third kappa shape index (κ3) is 4.97. The molecule has 0 aliphatic carbocycles. The van der Waals surface area contributed by atoms with E-state index < -0.39 is 34.3 Å². The highest BCUT2D eigenvalue weighted by Crippen LogP contribution is 2.34.